The topological polar surface area (TPSA) is 146 Å². The number of nitrogens with zero attached hydrogens (tertiary/aromatic N) is 3. The van der Waals surface area contributed by atoms with E-state index in [1.165, 1.54) is 22.8 Å². The fraction of sp³-hybridized carbons (Fsp3) is 0.292. The Morgan fingerprint density at radius 1 is 1.06 bits per heavy atom. The molecule has 1 aromatic heterocycles. The Bertz CT molecular complexity index is 1450. The number of fused-ring (bicyclic) bond motifs is 1. The molecule has 0 saturated carbocycles. The summed E-state index contributed by atoms with van der Waals surface area (Å²) in [6, 6.07) is 11.1. The van der Waals surface area contributed by atoms with Crippen LogP contribution in [0.5, 0.6) is 0 Å². The van der Waals surface area contributed by atoms with Crippen molar-refractivity contribution in [3.63, 3.8) is 0 Å². The SMILES string of the molecule is CCn1c(=O)n(CO)c(=O)c2cc(NC(=O)CC(C)CC(=O)Nc3ccc(C#N)c(Cl)c3)ccc21. The monoisotopic (exact) mass is 497 g/mol. The molecule has 0 saturated heterocycles. The molecule has 0 aliphatic rings. The van der Waals surface area contributed by atoms with Gasteiger partial charge in [0.2, 0.25) is 11.8 Å². The zero-order valence-electron chi connectivity index (χ0n) is 19.2. The number of halogens is 1. The standard InChI is InChI=1S/C24H24ClN5O5/c1-3-29-20-7-6-16(10-18(20)23(34)30(13-31)24(29)35)27-21(32)8-14(2)9-22(33)28-17-5-4-15(12-26)19(25)11-17/h4-7,10-11,14,31H,3,8-9,13H2,1-2H3,(H,27,32)(H,28,33). The second kappa shape index (κ2) is 11.0. The molecule has 2 aromatic carbocycles. The molecule has 1 unspecified atom stereocenters. The number of hydrogen-bond donors (Lipinski definition) is 3. The molecule has 11 heteroatoms. The Balaban J connectivity index is 1.66. The smallest absolute Gasteiger partial charge is 0.333 e. The van der Waals surface area contributed by atoms with Crippen molar-refractivity contribution < 1.29 is 14.7 Å². The van der Waals surface area contributed by atoms with Gasteiger partial charge in [-0.3, -0.25) is 19.0 Å². The lowest BCUT2D eigenvalue weighted by atomic mass is 10.0. The number of hydrogen-bond acceptors (Lipinski definition) is 6. The number of amides is 2. The molecule has 0 aliphatic heterocycles. The summed E-state index contributed by atoms with van der Waals surface area (Å²) in [4.78, 5) is 49.8. The van der Waals surface area contributed by atoms with E-state index < -0.39 is 18.0 Å². The first kappa shape index (κ1) is 25.7. The van der Waals surface area contributed by atoms with Gasteiger partial charge in [0.05, 0.1) is 21.5 Å². The predicted molar refractivity (Wildman–Crippen MR) is 132 cm³/mol. The van der Waals surface area contributed by atoms with Crippen LogP contribution >= 0.6 is 11.6 Å². The Hall–Kier alpha value is -3.94. The average Bonchev–Trinajstić information content (AvgIpc) is 2.80. The van der Waals surface area contributed by atoms with Crippen LogP contribution in [-0.2, 0) is 22.9 Å². The Kier molecular flexibility index (Phi) is 8.06. The van der Waals surface area contributed by atoms with E-state index in [-0.39, 0.29) is 41.0 Å². The highest BCUT2D eigenvalue weighted by molar-refractivity contribution is 6.32. The zero-order chi connectivity index (χ0) is 25.7. The molecule has 2 amide bonds. The maximum absolute atomic E-state index is 12.6. The number of carbonyl (C=O) groups excluding carboxylic acids is 2. The van der Waals surface area contributed by atoms with Crippen LogP contribution < -0.4 is 21.9 Å². The first-order valence-electron chi connectivity index (χ1n) is 10.9. The van der Waals surface area contributed by atoms with E-state index >= 15 is 0 Å². The van der Waals surface area contributed by atoms with Gasteiger partial charge in [-0.15, -0.1) is 0 Å². The first-order valence-corrected chi connectivity index (χ1v) is 11.2. The van der Waals surface area contributed by atoms with Crippen molar-refractivity contribution in [3.8, 4) is 6.07 Å². The summed E-state index contributed by atoms with van der Waals surface area (Å²) in [5.74, 6) is -0.947. The number of nitriles is 1. The highest BCUT2D eigenvalue weighted by Gasteiger charge is 2.16. The largest absolute Gasteiger partial charge is 0.376 e. The van der Waals surface area contributed by atoms with E-state index in [2.05, 4.69) is 10.6 Å². The van der Waals surface area contributed by atoms with Crippen molar-refractivity contribution in [1.29, 1.82) is 5.26 Å². The van der Waals surface area contributed by atoms with E-state index in [0.717, 1.165) is 4.57 Å². The molecule has 1 atom stereocenters. The van der Waals surface area contributed by atoms with E-state index in [0.29, 0.717) is 29.0 Å². The van der Waals surface area contributed by atoms with Crippen LogP contribution in [0.2, 0.25) is 5.02 Å². The van der Waals surface area contributed by atoms with Crippen molar-refractivity contribution in [1.82, 2.24) is 9.13 Å². The summed E-state index contributed by atoms with van der Waals surface area (Å²) >= 11 is 5.98. The van der Waals surface area contributed by atoms with Gasteiger partial charge in [0.1, 0.15) is 12.8 Å². The minimum Gasteiger partial charge on any atom is -0.376 e. The lowest BCUT2D eigenvalue weighted by Gasteiger charge is -2.14. The number of anilines is 2. The zero-order valence-corrected chi connectivity index (χ0v) is 19.9. The molecular formula is C24H24ClN5O5. The summed E-state index contributed by atoms with van der Waals surface area (Å²) in [5.41, 5.74) is 0.246. The number of carbonyl (C=O) groups is 2. The number of nitrogens with one attached hydrogen (secondary N) is 2. The van der Waals surface area contributed by atoms with Crippen LogP contribution in [0.15, 0.2) is 46.0 Å². The van der Waals surface area contributed by atoms with Crippen molar-refractivity contribution >= 4 is 45.7 Å². The highest BCUT2D eigenvalue weighted by atomic mass is 35.5. The van der Waals surface area contributed by atoms with Crippen molar-refractivity contribution in [3.05, 3.63) is 67.8 Å². The molecule has 3 N–H and O–H groups in total. The molecule has 3 rings (SSSR count). The van der Waals surface area contributed by atoms with Gasteiger partial charge in [-0.05, 0) is 49.2 Å². The van der Waals surface area contributed by atoms with Gasteiger partial charge in [-0.2, -0.15) is 5.26 Å². The van der Waals surface area contributed by atoms with Crippen molar-refractivity contribution in [2.24, 2.45) is 5.92 Å². The third kappa shape index (κ3) is 5.77. The van der Waals surface area contributed by atoms with Crippen LogP contribution in [0, 0.1) is 17.2 Å². The molecule has 0 radical (unpaired) electrons. The number of benzene rings is 2. The van der Waals surface area contributed by atoms with Crippen LogP contribution in [0.3, 0.4) is 0 Å². The summed E-state index contributed by atoms with van der Waals surface area (Å²) in [6.07, 6.45) is 0.127. The maximum Gasteiger partial charge on any atom is 0.333 e. The van der Waals surface area contributed by atoms with Gasteiger partial charge in [0, 0.05) is 30.8 Å². The number of aromatic nitrogens is 2. The Labute approximate surface area is 205 Å². The lowest BCUT2D eigenvalue weighted by Crippen LogP contribution is -2.39. The highest BCUT2D eigenvalue weighted by Crippen LogP contribution is 2.21. The minimum atomic E-state index is -0.752. The summed E-state index contributed by atoms with van der Waals surface area (Å²) in [6.45, 7) is 3.05. The molecular weight excluding hydrogens is 474 g/mol. The summed E-state index contributed by atoms with van der Waals surface area (Å²) in [5, 5.41) is 24.2. The number of aryl methyl sites for hydroxylation is 1. The van der Waals surface area contributed by atoms with Gasteiger partial charge in [0.25, 0.3) is 5.56 Å². The van der Waals surface area contributed by atoms with Crippen molar-refractivity contribution in [2.45, 2.75) is 40.0 Å². The lowest BCUT2D eigenvalue weighted by molar-refractivity contribution is -0.118. The van der Waals surface area contributed by atoms with Gasteiger partial charge >= 0.3 is 5.69 Å². The third-order valence-electron chi connectivity index (χ3n) is 5.41. The minimum absolute atomic E-state index is 0.0505. The number of aliphatic hydroxyl groups excluding tert-OH is 1. The molecule has 0 fully saturated rings. The average molecular weight is 498 g/mol. The van der Waals surface area contributed by atoms with Gasteiger partial charge in [-0.1, -0.05) is 18.5 Å². The Morgan fingerprint density at radius 3 is 2.20 bits per heavy atom. The predicted octanol–water partition coefficient (Wildman–Crippen LogP) is 2.65. The normalized spacial score (nSPS) is 11.6. The van der Waals surface area contributed by atoms with Gasteiger partial charge in [-0.25, -0.2) is 9.36 Å². The maximum atomic E-state index is 12.6. The number of rotatable bonds is 8. The molecule has 0 aliphatic carbocycles. The third-order valence-corrected chi connectivity index (χ3v) is 5.72. The van der Waals surface area contributed by atoms with E-state index in [1.807, 2.05) is 6.07 Å². The molecule has 0 spiro atoms. The van der Waals surface area contributed by atoms with Crippen LogP contribution in [0.1, 0.15) is 32.3 Å². The fourth-order valence-electron chi connectivity index (χ4n) is 3.74. The van der Waals surface area contributed by atoms with Gasteiger partial charge in [0.15, 0.2) is 0 Å². The van der Waals surface area contributed by atoms with Gasteiger partial charge < -0.3 is 15.7 Å². The second-order valence-electron chi connectivity index (χ2n) is 8.05. The van der Waals surface area contributed by atoms with Crippen LogP contribution in [0.4, 0.5) is 11.4 Å². The molecule has 3 aromatic rings. The van der Waals surface area contributed by atoms with Crippen LogP contribution in [0.25, 0.3) is 10.9 Å². The van der Waals surface area contributed by atoms with E-state index in [4.69, 9.17) is 16.9 Å². The summed E-state index contributed by atoms with van der Waals surface area (Å²) < 4.78 is 2.08. The Morgan fingerprint density at radius 2 is 1.66 bits per heavy atom. The van der Waals surface area contributed by atoms with Crippen molar-refractivity contribution in [2.75, 3.05) is 10.6 Å². The second-order valence-corrected chi connectivity index (χ2v) is 8.46. The summed E-state index contributed by atoms with van der Waals surface area (Å²) in [7, 11) is 0. The quantitative estimate of drug-likeness (QED) is 0.436. The molecule has 0 bridgehead atoms. The fourth-order valence-corrected chi connectivity index (χ4v) is 3.97. The molecule has 1 heterocycles. The van der Waals surface area contributed by atoms with E-state index in [9.17, 15) is 24.3 Å². The van der Waals surface area contributed by atoms with Crippen LogP contribution in [-0.4, -0.2) is 26.1 Å². The first-order chi connectivity index (χ1) is 16.7. The number of aliphatic hydroxyl groups is 1. The molecule has 35 heavy (non-hydrogen) atoms. The molecule has 10 nitrogen and oxygen atoms in total. The molecule has 182 valence electrons. The van der Waals surface area contributed by atoms with E-state index in [1.54, 1.807) is 32.0 Å².